The topological polar surface area (TPSA) is 42.2 Å². The Labute approximate surface area is 124 Å². The van der Waals surface area contributed by atoms with Gasteiger partial charge >= 0.3 is 0 Å². The van der Waals surface area contributed by atoms with Crippen LogP contribution >= 0.6 is 0 Å². The standard InChI is InChI=1S/C18H15NO2/c1-20-9-8-17-11-16-10-15(6-7-18(16)21-17)14-4-2-13(12-19)3-5-14/h2-10,17H,11H2,1H3/b9-8+. The van der Waals surface area contributed by atoms with E-state index in [1.54, 1.807) is 13.4 Å². The minimum absolute atomic E-state index is 0.0381. The highest BCUT2D eigenvalue weighted by molar-refractivity contribution is 5.67. The molecule has 2 aromatic rings. The molecule has 1 aliphatic heterocycles. The fraction of sp³-hybridized carbons (Fsp3) is 0.167. The first-order valence-electron chi connectivity index (χ1n) is 6.80. The minimum Gasteiger partial charge on any atom is -0.505 e. The number of benzene rings is 2. The van der Waals surface area contributed by atoms with Gasteiger partial charge in [-0.25, -0.2) is 0 Å². The van der Waals surface area contributed by atoms with E-state index < -0.39 is 0 Å². The van der Waals surface area contributed by atoms with Gasteiger partial charge in [0.05, 0.1) is 25.0 Å². The van der Waals surface area contributed by atoms with Gasteiger partial charge in [-0.3, -0.25) is 0 Å². The van der Waals surface area contributed by atoms with Crippen LogP contribution in [-0.2, 0) is 11.2 Å². The van der Waals surface area contributed by atoms with E-state index in [1.807, 2.05) is 42.5 Å². The molecule has 104 valence electrons. The van der Waals surface area contributed by atoms with Crippen molar-refractivity contribution in [3.05, 3.63) is 65.9 Å². The molecular weight excluding hydrogens is 262 g/mol. The molecule has 0 saturated carbocycles. The molecule has 21 heavy (non-hydrogen) atoms. The summed E-state index contributed by atoms with van der Waals surface area (Å²) in [5.41, 5.74) is 4.11. The molecule has 0 saturated heterocycles. The number of hydrogen-bond donors (Lipinski definition) is 0. The number of fused-ring (bicyclic) bond motifs is 1. The zero-order valence-corrected chi connectivity index (χ0v) is 11.7. The Morgan fingerprint density at radius 1 is 1.19 bits per heavy atom. The zero-order chi connectivity index (χ0) is 14.7. The molecule has 3 rings (SSSR count). The Balaban J connectivity index is 1.85. The second-order valence-corrected chi connectivity index (χ2v) is 4.94. The summed E-state index contributed by atoms with van der Waals surface area (Å²) in [5.74, 6) is 0.929. The molecule has 2 aromatic carbocycles. The first kappa shape index (κ1) is 13.3. The highest BCUT2D eigenvalue weighted by Gasteiger charge is 2.21. The lowest BCUT2D eigenvalue weighted by atomic mass is 10.00. The Hall–Kier alpha value is -2.73. The van der Waals surface area contributed by atoms with Crippen molar-refractivity contribution in [3.63, 3.8) is 0 Å². The summed E-state index contributed by atoms with van der Waals surface area (Å²) < 4.78 is 10.8. The van der Waals surface area contributed by atoms with E-state index in [9.17, 15) is 0 Å². The zero-order valence-electron chi connectivity index (χ0n) is 11.7. The molecule has 0 aromatic heterocycles. The van der Waals surface area contributed by atoms with Crippen molar-refractivity contribution in [2.24, 2.45) is 0 Å². The average Bonchev–Trinajstić information content (AvgIpc) is 2.95. The lowest BCUT2D eigenvalue weighted by molar-refractivity contribution is 0.271. The van der Waals surface area contributed by atoms with Crippen LogP contribution in [0, 0.1) is 11.3 Å². The van der Waals surface area contributed by atoms with Crippen LogP contribution in [0.2, 0.25) is 0 Å². The molecule has 0 radical (unpaired) electrons. The van der Waals surface area contributed by atoms with Crippen molar-refractivity contribution in [3.8, 4) is 22.9 Å². The molecule has 0 aliphatic carbocycles. The maximum absolute atomic E-state index is 8.84. The predicted molar refractivity (Wildman–Crippen MR) is 80.9 cm³/mol. The van der Waals surface area contributed by atoms with E-state index >= 15 is 0 Å². The number of rotatable bonds is 3. The van der Waals surface area contributed by atoms with Gasteiger partial charge in [0.25, 0.3) is 0 Å². The highest BCUT2D eigenvalue weighted by atomic mass is 16.5. The van der Waals surface area contributed by atoms with Gasteiger partial charge in [-0.05, 0) is 47.0 Å². The fourth-order valence-corrected chi connectivity index (χ4v) is 2.47. The average molecular weight is 277 g/mol. The van der Waals surface area contributed by atoms with Crippen molar-refractivity contribution >= 4 is 0 Å². The lowest BCUT2D eigenvalue weighted by Gasteiger charge is -2.05. The van der Waals surface area contributed by atoms with Gasteiger partial charge in [0.2, 0.25) is 0 Å². The summed E-state index contributed by atoms with van der Waals surface area (Å²) in [7, 11) is 1.63. The SMILES string of the molecule is CO/C=C/C1Cc2cc(-c3ccc(C#N)cc3)ccc2O1. The molecule has 0 spiro atoms. The van der Waals surface area contributed by atoms with Gasteiger partial charge < -0.3 is 9.47 Å². The maximum atomic E-state index is 8.84. The monoisotopic (exact) mass is 277 g/mol. The molecule has 3 nitrogen and oxygen atoms in total. The third-order valence-electron chi connectivity index (χ3n) is 3.54. The normalized spacial score (nSPS) is 16.3. The summed E-state index contributed by atoms with van der Waals surface area (Å²) in [6, 6.07) is 15.9. The third-order valence-corrected chi connectivity index (χ3v) is 3.54. The van der Waals surface area contributed by atoms with Crippen LogP contribution < -0.4 is 4.74 Å². The smallest absolute Gasteiger partial charge is 0.124 e. The van der Waals surface area contributed by atoms with Gasteiger partial charge in [0.1, 0.15) is 11.9 Å². The van der Waals surface area contributed by atoms with Crippen molar-refractivity contribution in [1.29, 1.82) is 5.26 Å². The van der Waals surface area contributed by atoms with Crippen LogP contribution in [0.4, 0.5) is 0 Å². The Kier molecular flexibility index (Phi) is 3.61. The van der Waals surface area contributed by atoms with Crippen LogP contribution in [0.15, 0.2) is 54.8 Å². The lowest BCUT2D eigenvalue weighted by Crippen LogP contribution is -2.08. The second-order valence-electron chi connectivity index (χ2n) is 4.94. The van der Waals surface area contributed by atoms with Crippen LogP contribution in [0.1, 0.15) is 11.1 Å². The largest absolute Gasteiger partial charge is 0.505 e. The summed E-state index contributed by atoms with van der Waals surface area (Å²) in [6.07, 6.45) is 4.45. The number of nitrogens with zero attached hydrogens (tertiary/aromatic N) is 1. The van der Waals surface area contributed by atoms with Crippen molar-refractivity contribution < 1.29 is 9.47 Å². The summed E-state index contributed by atoms with van der Waals surface area (Å²) in [6.45, 7) is 0. The van der Waals surface area contributed by atoms with Gasteiger partial charge in [-0.15, -0.1) is 0 Å². The molecule has 1 atom stereocenters. The van der Waals surface area contributed by atoms with E-state index in [2.05, 4.69) is 12.1 Å². The third kappa shape index (κ3) is 2.75. The number of hydrogen-bond acceptors (Lipinski definition) is 3. The number of methoxy groups -OCH3 is 1. The molecule has 0 amide bonds. The molecule has 0 N–H and O–H groups in total. The Bertz CT molecular complexity index is 711. The van der Waals surface area contributed by atoms with Crippen LogP contribution in [0.5, 0.6) is 5.75 Å². The second kappa shape index (κ2) is 5.72. The van der Waals surface area contributed by atoms with E-state index in [-0.39, 0.29) is 6.10 Å². The highest BCUT2D eigenvalue weighted by Crippen LogP contribution is 2.33. The maximum Gasteiger partial charge on any atom is 0.124 e. The van der Waals surface area contributed by atoms with E-state index in [4.69, 9.17) is 14.7 Å². The Morgan fingerprint density at radius 2 is 1.95 bits per heavy atom. The molecular formula is C18H15NO2. The van der Waals surface area contributed by atoms with Crippen LogP contribution in [0.25, 0.3) is 11.1 Å². The van der Waals surface area contributed by atoms with Crippen molar-refractivity contribution in [1.82, 2.24) is 0 Å². The van der Waals surface area contributed by atoms with Crippen molar-refractivity contribution in [2.75, 3.05) is 7.11 Å². The van der Waals surface area contributed by atoms with E-state index in [0.29, 0.717) is 5.56 Å². The Morgan fingerprint density at radius 3 is 2.67 bits per heavy atom. The van der Waals surface area contributed by atoms with Crippen molar-refractivity contribution in [2.45, 2.75) is 12.5 Å². The van der Waals surface area contributed by atoms with Crippen LogP contribution in [-0.4, -0.2) is 13.2 Å². The minimum atomic E-state index is 0.0381. The predicted octanol–water partition coefficient (Wildman–Crippen LogP) is 3.69. The van der Waals surface area contributed by atoms with Gasteiger partial charge in [0, 0.05) is 6.42 Å². The van der Waals surface area contributed by atoms with Gasteiger partial charge in [-0.2, -0.15) is 5.26 Å². The molecule has 0 bridgehead atoms. The molecule has 3 heteroatoms. The van der Waals surface area contributed by atoms with Crippen LogP contribution in [0.3, 0.4) is 0 Å². The first-order valence-corrected chi connectivity index (χ1v) is 6.80. The number of ether oxygens (including phenoxy) is 2. The molecule has 0 fully saturated rings. The quantitative estimate of drug-likeness (QED) is 0.803. The summed E-state index contributed by atoms with van der Waals surface area (Å²) in [5, 5.41) is 8.84. The van der Waals surface area contributed by atoms with Gasteiger partial charge in [0.15, 0.2) is 0 Å². The molecule has 1 heterocycles. The molecule has 1 aliphatic rings. The van der Waals surface area contributed by atoms with E-state index in [0.717, 1.165) is 23.3 Å². The summed E-state index contributed by atoms with van der Waals surface area (Å²) >= 11 is 0. The fourth-order valence-electron chi connectivity index (χ4n) is 2.47. The first-order chi connectivity index (χ1) is 10.3. The number of nitriles is 1. The summed E-state index contributed by atoms with van der Waals surface area (Å²) in [4.78, 5) is 0. The molecule has 1 unspecified atom stereocenters. The van der Waals surface area contributed by atoms with E-state index in [1.165, 1.54) is 5.56 Å². The van der Waals surface area contributed by atoms with Gasteiger partial charge in [-0.1, -0.05) is 18.2 Å².